The van der Waals surface area contributed by atoms with E-state index in [1.54, 1.807) is 62.0 Å². The van der Waals surface area contributed by atoms with Gasteiger partial charge in [-0.2, -0.15) is 0 Å². The number of nitrogens with one attached hydrogen (secondary N) is 3. The Balaban J connectivity index is 1.42. The van der Waals surface area contributed by atoms with Crippen LogP contribution in [0.4, 0.5) is 4.39 Å². The Morgan fingerprint density at radius 1 is 0.978 bits per heavy atom. The van der Waals surface area contributed by atoms with E-state index in [0.29, 0.717) is 16.9 Å². The van der Waals surface area contributed by atoms with Gasteiger partial charge in [-0.05, 0) is 65.3 Å². The molecule has 0 spiro atoms. The van der Waals surface area contributed by atoms with Gasteiger partial charge in [0.25, 0.3) is 5.91 Å². The van der Waals surface area contributed by atoms with Gasteiger partial charge in [0.1, 0.15) is 28.4 Å². The van der Waals surface area contributed by atoms with E-state index in [1.807, 2.05) is 30.5 Å². The molecule has 4 atom stereocenters. The highest BCUT2D eigenvalue weighted by molar-refractivity contribution is 8.00. The van der Waals surface area contributed by atoms with Crippen LogP contribution in [0, 0.1) is 11.7 Å². The first-order valence-electron chi connectivity index (χ1n) is 14.5. The van der Waals surface area contributed by atoms with Crippen molar-refractivity contribution in [1.82, 2.24) is 16.0 Å². The number of β-lactam (4-membered cyclic amide) rings is 1. The third-order valence-electron chi connectivity index (χ3n) is 7.55. The summed E-state index contributed by atoms with van der Waals surface area (Å²) < 4.78 is 19.4. The van der Waals surface area contributed by atoms with Crippen molar-refractivity contribution >= 4 is 47.2 Å². The fourth-order valence-electron chi connectivity index (χ4n) is 5.01. The number of thioether (sulfide) groups is 2. The zero-order valence-corrected chi connectivity index (χ0v) is 27.1. The van der Waals surface area contributed by atoms with Gasteiger partial charge in [0.05, 0.1) is 12.6 Å². The largest absolute Gasteiger partial charge is 0.484 e. The Hall–Kier alpha value is -4.07. The molecule has 10 nitrogen and oxygen atoms in total. The third kappa shape index (κ3) is 8.20. The molecule has 0 saturated carbocycles. The molecule has 3 amide bonds. The quantitative estimate of drug-likeness (QED) is 0.121. The molecule has 3 aromatic rings. The predicted molar refractivity (Wildman–Crippen MR) is 174 cm³/mol. The molecule has 1 saturated heterocycles. The molecule has 5 N–H and O–H groups in total. The molecule has 1 unspecified atom stereocenters. The monoisotopic (exact) mass is 669 g/mol. The number of aliphatic hydroxyl groups is 1. The SMILES string of the molecule is CSc1ccc(C(O)CS[C@H]2C(=O)N[C@@]2(c2ccc(F)cc2)c2ccc(OCC(=O)NCC(=O)N[C@@H](C(=O)O)C(C)C)cc2)cc1. The Morgan fingerprint density at radius 2 is 1.59 bits per heavy atom. The lowest BCUT2D eigenvalue weighted by Gasteiger charge is -2.50. The van der Waals surface area contributed by atoms with Crippen LogP contribution in [0.15, 0.2) is 77.7 Å². The summed E-state index contributed by atoms with van der Waals surface area (Å²) in [4.78, 5) is 49.7. The Labute approximate surface area is 274 Å². The van der Waals surface area contributed by atoms with Gasteiger partial charge >= 0.3 is 5.97 Å². The summed E-state index contributed by atoms with van der Waals surface area (Å²) in [6.45, 7) is 2.52. The number of aliphatic carboxylic acids is 1. The molecule has 1 aliphatic rings. The Bertz CT molecular complexity index is 1540. The first-order chi connectivity index (χ1) is 21.9. The number of carbonyl (C=O) groups is 4. The minimum Gasteiger partial charge on any atom is -0.484 e. The fraction of sp³-hybridized carbons (Fsp3) is 0.333. The Kier molecular flexibility index (Phi) is 11.7. The molecular weight excluding hydrogens is 634 g/mol. The number of benzene rings is 3. The smallest absolute Gasteiger partial charge is 0.326 e. The van der Waals surface area contributed by atoms with Crippen LogP contribution in [0.2, 0.25) is 0 Å². The van der Waals surface area contributed by atoms with Crippen molar-refractivity contribution < 1.29 is 38.5 Å². The predicted octanol–water partition coefficient (Wildman–Crippen LogP) is 3.48. The van der Waals surface area contributed by atoms with Crippen LogP contribution < -0.4 is 20.7 Å². The lowest BCUT2D eigenvalue weighted by atomic mass is 9.74. The van der Waals surface area contributed by atoms with Crippen molar-refractivity contribution in [1.29, 1.82) is 0 Å². The first kappa shape index (κ1) is 34.8. The van der Waals surface area contributed by atoms with Crippen LogP contribution in [0.25, 0.3) is 0 Å². The number of carbonyl (C=O) groups excluding carboxylic acids is 3. The van der Waals surface area contributed by atoms with Crippen molar-refractivity contribution in [3.05, 3.63) is 95.3 Å². The lowest BCUT2D eigenvalue weighted by molar-refractivity contribution is -0.143. The summed E-state index contributed by atoms with van der Waals surface area (Å²) in [5.41, 5.74) is 1.09. The highest BCUT2D eigenvalue weighted by Gasteiger charge is 2.56. The minimum atomic E-state index is -1.16. The van der Waals surface area contributed by atoms with E-state index >= 15 is 0 Å². The van der Waals surface area contributed by atoms with E-state index in [4.69, 9.17) is 4.74 Å². The second-order valence-corrected chi connectivity index (χ2v) is 13.0. The molecule has 4 rings (SSSR count). The van der Waals surface area contributed by atoms with Crippen LogP contribution in [0.3, 0.4) is 0 Å². The summed E-state index contributed by atoms with van der Waals surface area (Å²) in [5.74, 6) is -2.75. The summed E-state index contributed by atoms with van der Waals surface area (Å²) in [7, 11) is 0. The molecule has 0 aromatic heterocycles. The molecule has 0 aliphatic carbocycles. The highest BCUT2D eigenvalue weighted by Crippen LogP contribution is 2.46. The number of aliphatic hydroxyl groups excluding tert-OH is 1. The number of hydrogen-bond acceptors (Lipinski definition) is 8. The summed E-state index contributed by atoms with van der Waals surface area (Å²) >= 11 is 2.91. The van der Waals surface area contributed by atoms with Crippen LogP contribution in [-0.4, -0.2) is 70.4 Å². The van der Waals surface area contributed by atoms with E-state index < -0.39 is 59.7 Å². The molecule has 1 fully saturated rings. The van der Waals surface area contributed by atoms with Gasteiger partial charge in [-0.15, -0.1) is 23.5 Å². The van der Waals surface area contributed by atoms with E-state index in [1.165, 1.54) is 23.9 Å². The second-order valence-electron chi connectivity index (χ2n) is 11.0. The first-order valence-corrected chi connectivity index (χ1v) is 16.8. The van der Waals surface area contributed by atoms with Gasteiger partial charge in [0.15, 0.2) is 6.61 Å². The topological polar surface area (TPSA) is 154 Å². The van der Waals surface area contributed by atoms with Crippen molar-refractivity contribution in [2.24, 2.45) is 5.92 Å². The van der Waals surface area contributed by atoms with Crippen LogP contribution in [-0.2, 0) is 24.7 Å². The van der Waals surface area contributed by atoms with Gasteiger partial charge in [-0.3, -0.25) is 14.4 Å². The fourth-order valence-corrected chi connectivity index (χ4v) is 6.78. The molecule has 1 heterocycles. The summed E-state index contributed by atoms with van der Waals surface area (Å²) in [5, 5.41) is 27.2. The standard InChI is InChI=1S/C33H36FN3O7S2/c1-19(2)29(32(42)43)36-27(39)16-35-28(40)17-44-24-12-8-22(9-13-24)33(21-6-10-23(34)11-7-21)30(31(41)37-33)46-18-26(38)20-4-14-25(45-3)15-5-20/h4-15,19,26,29-30,38H,16-18H2,1-3H3,(H,35,40)(H,36,39)(H,37,41)(H,42,43)/t26?,29-,30+,33+/m1/s1. The number of halogens is 1. The zero-order valence-electron chi connectivity index (χ0n) is 25.5. The van der Waals surface area contributed by atoms with E-state index in [-0.39, 0.29) is 17.6 Å². The lowest BCUT2D eigenvalue weighted by Crippen LogP contribution is -2.69. The minimum absolute atomic E-state index is 0.219. The molecule has 0 radical (unpaired) electrons. The van der Waals surface area contributed by atoms with Crippen molar-refractivity contribution in [3.8, 4) is 5.75 Å². The van der Waals surface area contributed by atoms with E-state index in [2.05, 4.69) is 16.0 Å². The number of ether oxygens (including phenoxy) is 1. The van der Waals surface area contributed by atoms with Crippen LogP contribution in [0.1, 0.15) is 36.6 Å². The maximum atomic E-state index is 13.9. The molecule has 13 heteroatoms. The highest BCUT2D eigenvalue weighted by atomic mass is 32.2. The number of amides is 3. The maximum absolute atomic E-state index is 13.9. The van der Waals surface area contributed by atoms with Gasteiger partial charge in [-0.1, -0.05) is 50.2 Å². The maximum Gasteiger partial charge on any atom is 0.326 e. The van der Waals surface area contributed by atoms with Gasteiger partial charge < -0.3 is 30.9 Å². The average molecular weight is 670 g/mol. The molecular formula is C33H36FN3O7S2. The zero-order chi connectivity index (χ0) is 33.4. The third-order valence-corrected chi connectivity index (χ3v) is 9.70. The molecule has 0 bridgehead atoms. The number of rotatable bonds is 15. The van der Waals surface area contributed by atoms with Gasteiger partial charge in [0, 0.05) is 10.6 Å². The van der Waals surface area contributed by atoms with Gasteiger partial charge in [-0.25, -0.2) is 9.18 Å². The van der Waals surface area contributed by atoms with E-state index in [0.717, 1.165) is 10.5 Å². The Morgan fingerprint density at radius 3 is 2.13 bits per heavy atom. The summed E-state index contributed by atoms with van der Waals surface area (Å²) in [6, 6.07) is 19.2. The van der Waals surface area contributed by atoms with E-state index in [9.17, 15) is 33.8 Å². The molecule has 1 aliphatic heterocycles. The number of hydrogen-bond donors (Lipinski definition) is 5. The van der Waals surface area contributed by atoms with Crippen molar-refractivity contribution in [3.63, 3.8) is 0 Å². The molecule has 3 aromatic carbocycles. The normalized spacial score (nSPS) is 18.6. The summed E-state index contributed by atoms with van der Waals surface area (Å²) in [6.07, 6.45) is 1.17. The second kappa shape index (κ2) is 15.5. The molecule has 46 heavy (non-hydrogen) atoms. The van der Waals surface area contributed by atoms with Crippen LogP contribution >= 0.6 is 23.5 Å². The van der Waals surface area contributed by atoms with Crippen molar-refractivity contribution in [2.45, 2.75) is 41.7 Å². The molecule has 244 valence electrons. The van der Waals surface area contributed by atoms with Gasteiger partial charge in [0.2, 0.25) is 11.8 Å². The average Bonchev–Trinajstić information content (AvgIpc) is 3.04. The van der Waals surface area contributed by atoms with Crippen molar-refractivity contribution in [2.75, 3.05) is 25.2 Å². The van der Waals surface area contributed by atoms with Crippen LogP contribution in [0.5, 0.6) is 5.75 Å². The number of carboxylic acids is 1. The number of carboxylic acid groups (broad SMARTS) is 1.